The molecule has 0 saturated carbocycles. The van der Waals surface area contributed by atoms with Crippen LogP contribution in [-0.2, 0) is 9.53 Å². The summed E-state index contributed by atoms with van der Waals surface area (Å²) in [6.45, 7) is 7.36. The number of benzene rings is 2. The summed E-state index contributed by atoms with van der Waals surface area (Å²) in [5.74, 6) is 0.240. The first-order valence-corrected chi connectivity index (χ1v) is 11.7. The summed E-state index contributed by atoms with van der Waals surface area (Å²) in [5, 5.41) is 1.52. The highest BCUT2D eigenvalue weighted by Crippen LogP contribution is 2.44. The second-order valence-corrected chi connectivity index (χ2v) is 9.41. The lowest BCUT2D eigenvalue weighted by molar-refractivity contribution is -0.156. The molecule has 0 radical (unpaired) electrons. The normalized spacial score (nSPS) is 26.0. The van der Waals surface area contributed by atoms with Gasteiger partial charge in [0.25, 0.3) is 0 Å². The average molecular weight is 460 g/mol. The van der Waals surface area contributed by atoms with Gasteiger partial charge in [-0.15, -0.1) is 6.58 Å². The first-order valence-electron chi connectivity index (χ1n) is 10.9. The number of hydrogen-bond acceptors (Lipinski definition) is 2. The molecule has 2 saturated heterocycles. The number of nitrogens with zero attached hydrogens (tertiary/aromatic N) is 1. The van der Waals surface area contributed by atoms with Crippen molar-refractivity contribution in [2.24, 2.45) is 5.41 Å². The lowest BCUT2D eigenvalue weighted by Gasteiger charge is -2.49. The van der Waals surface area contributed by atoms with Gasteiger partial charge in [-0.3, -0.25) is 4.79 Å². The fourth-order valence-electron chi connectivity index (χ4n) is 4.45. The molecular weight excluding hydrogens is 429 g/mol. The van der Waals surface area contributed by atoms with Gasteiger partial charge in [-0.25, -0.2) is 0 Å². The maximum absolute atomic E-state index is 13.4. The van der Waals surface area contributed by atoms with Crippen LogP contribution in [0.2, 0.25) is 10.0 Å². The van der Waals surface area contributed by atoms with Crippen molar-refractivity contribution in [3.63, 3.8) is 0 Å². The topological polar surface area (TPSA) is 29.5 Å². The predicted molar refractivity (Wildman–Crippen MR) is 128 cm³/mol. The van der Waals surface area contributed by atoms with E-state index in [9.17, 15) is 4.79 Å². The van der Waals surface area contributed by atoms with E-state index in [1.807, 2.05) is 60.7 Å². The minimum Gasteiger partial charge on any atom is -0.379 e. The number of allylic oxidation sites excluding steroid dienone is 1. The molecule has 0 N–H and O–H groups in total. The summed E-state index contributed by atoms with van der Waals surface area (Å²) in [6.07, 6.45) is 6.47. The third-order valence-corrected chi connectivity index (χ3v) is 6.67. The lowest BCUT2D eigenvalue weighted by atomic mass is 9.74. The summed E-state index contributed by atoms with van der Waals surface area (Å²) < 4.78 is 5.68. The molecule has 2 aromatic rings. The van der Waals surface area contributed by atoms with Crippen molar-refractivity contribution in [1.82, 2.24) is 4.90 Å². The van der Waals surface area contributed by atoms with Gasteiger partial charge >= 0.3 is 0 Å². The van der Waals surface area contributed by atoms with Crippen LogP contribution in [0.25, 0.3) is 0 Å². The van der Waals surface area contributed by atoms with Gasteiger partial charge in [0.2, 0.25) is 5.91 Å². The molecule has 3 atom stereocenters. The number of likely N-dealkylation sites (tertiary alicyclic amines) is 1. The van der Waals surface area contributed by atoms with E-state index in [0.29, 0.717) is 6.61 Å². The predicted octanol–water partition coefficient (Wildman–Crippen LogP) is 7.10. The van der Waals surface area contributed by atoms with Crippen molar-refractivity contribution >= 4 is 29.1 Å². The van der Waals surface area contributed by atoms with Crippen LogP contribution >= 0.6 is 23.2 Å². The van der Waals surface area contributed by atoms with Gasteiger partial charge in [0.1, 0.15) is 0 Å². The fourth-order valence-corrected chi connectivity index (χ4v) is 4.72. The van der Waals surface area contributed by atoms with Gasteiger partial charge in [0, 0.05) is 16.7 Å². The zero-order chi connectivity index (χ0) is 22.3. The smallest absolute Gasteiger partial charge is 0.229 e. The van der Waals surface area contributed by atoms with Crippen molar-refractivity contribution in [2.45, 2.75) is 51.1 Å². The van der Waals surface area contributed by atoms with Crippen molar-refractivity contribution in [2.75, 3.05) is 13.2 Å². The standard InChI is InChI=1S/C20H26ClNO2.C6H5Cl/c1-3-11-20(2)12-10-18(15-6-8-16(21)9-7-15)22(19(20)23)17-5-4-13-24-14-17;7-6-4-2-1-3-5-6/h3,6-9,17-18H,1,4-5,10-14H2,2H3;1-5H. The second-order valence-electron chi connectivity index (χ2n) is 8.54. The lowest BCUT2D eigenvalue weighted by Crippen LogP contribution is -2.55. The number of amides is 1. The Morgan fingerprint density at radius 2 is 1.77 bits per heavy atom. The number of hydrogen-bond donors (Lipinski definition) is 0. The van der Waals surface area contributed by atoms with Crippen LogP contribution in [0.4, 0.5) is 0 Å². The highest BCUT2D eigenvalue weighted by Gasteiger charge is 2.46. The molecule has 4 rings (SSSR count). The van der Waals surface area contributed by atoms with Crippen LogP contribution in [0.3, 0.4) is 0 Å². The SMILES string of the molecule is C=CCC1(C)CCC(c2ccc(Cl)cc2)N(C2CCCOC2)C1=O.Clc1ccccc1. The van der Waals surface area contributed by atoms with E-state index < -0.39 is 0 Å². The van der Waals surface area contributed by atoms with Crippen molar-refractivity contribution in [1.29, 1.82) is 0 Å². The van der Waals surface area contributed by atoms with Gasteiger partial charge in [0.05, 0.1) is 24.1 Å². The van der Waals surface area contributed by atoms with Crippen LogP contribution in [-0.4, -0.2) is 30.1 Å². The molecule has 3 nitrogen and oxygen atoms in total. The summed E-state index contributed by atoms with van der Waals surface area (Å²) in [6, 6.07) is 17.6. The molecule has 0 spiro atoms. The van der Waals surface area contributed by atoms with Gasteiger partial charge < -0.3 is 9.64 Å². The average Bonchev–Trinajstić information content (AvgIpc) is 2.78. The Bertz CT molecular complexity index is 849. The highest BCUT2D eigenvalue weighted by molar-refractivity contribution is 6.30. The molecule has 2 aliphatic rings. The Morgan fingerprint density at radius 3 is 2.32 bits per heavy atom. The number of ether oxygens (including phenoxy) is 1. The minimum absolute atomic E-state index is 0.111. The molecule has 0 bridgehead atoms. The van der Waals surface area contributed by atoms with E-state index in [-0.39, 0.29) is 23.4 Å². The van der Waals surface area contributed by atoms with E-state index in [0.717, 1.165) is 48.8 Å². The summed E-state index contributed by atoms with van der Waals surface area (Å²) in [5.41, 5.74) is 0.821. The molecule has 5 heteroatoms. The Hall–Kier alpha value is -1.81. The first kappa shape index (κ1) is 23.8. The van der Waals surface area contributed by atoms with Gasteiger partial charge in [-0.2, -0.15) is 0 Å². The monoisotopic (exact) mass is 459 g/mol. The van der Waals surface area contributed by atoms with Gasteiger partial charge in [0.15, 0.2) is 0 Å². The molecular formula is C26H31Cl2NO2. The van der Waals surface area contributed by atoms with Crippen molar-refractivity contribution in [3.05, 3.63) is 82.9 Å². The third kappa shape index (κ3) is 6.12. The van der Waals surface area contributed by atoms with Crippen LogP contribution in [0.1, 0.15) is 50.6 Å². The Kier molecular flexibility index (Phi) is 8.59. The van der Waals surface area contributed by atoms with Crippen LogP contribution in [0.15, 0.2) is 67.3 Å². The number of rotatable bonds is 4. The maximum atomic E-state index is 13.4. The zero-order valence-electron chi connectivity index (χ0n) is 18.1. The fraction of sp³-hybridized carbons (Fsp3) is 0.423. The zero-order valence-corrected chi connectivity index (χ0v) is 19.6. The third-order valence-electron chi connectivity index (χ3n) is 6.17. The van der Waals surface area contributed by atoms with E-state index in [1.54, 1.807) is 0 Å². The summed E-state index contributed by atoms with van der Waals surface area (Å²) >= 11 is 11.6. The van der Waals surface area contributed by atoms with Crippen molar-refractivity contribution < 1.29 is 9.53 Å². The highest BCUT2D eigenvalue weighted by atomic mass is 35.5. The summed E-state index contributed by atoms with van der Waals surface area (Å²) in [7, 11) is 0. The molecule has 2 fully saturated rings. The quantitative estimate of drug-likeness (QED) is 0.455. The number of carbonyl (C=O) groups is 1. The molecule has 0 aromatic heterocycles. The van der Waals surface area contributed by atoms with Crippen LogP contribution < -0.4 is 0 Å². The van der Waals surface area contributed by atoms with Crippen LogP contribution in [0.5, 0.6) is 0 Å². The van der Waals surface area contributed by atoms with E-state index >= 15 is 0 Å². The molecule has 1 amide bonds. The molecule has 2 aliphatic heterocycles. The first-order chi connectivity index (χ1) is 14.9. The van der Waals surface area contributed by atoms with Gasteiger partial charge in [-0.1, -0.05) is 66.5 Å². The Balaban J connectivity index is 0.000000330. The van der Waals surface area contributed by atoms with Gasteiger partial charge in [-0.05, 0) is 61.9 Å². The molecule has 3 unspecified atom stereocenters. The molecule has 2 heterocycles. The molecule has 166 valence electrons. The largest absolute Gasteiger partial charge is 0.379 e. The minimum atomic E-state index is -0.345. The Morgan fingerprint density at radius 1 is 1.10 bits per heavy atom. The van der Waals surface area contributed by atoms with E-state index in [2.05, 4.69) is 18.4 Å². The summed E-state index contributed by atoms with van der Waals surface area (Å²) in [4.78, 5) is 15.5. The maximum Gasteiger partial charge on any atom is 0.229 e. The Labute approximate surface area is 196 Å². The number of halogens is 2. The van der Waals surface area contributed by atoms with Crippen molar-refractivity contribution in [3.8, 4) is 0 Å². The second kappa shape index (κ2) is 11.2. The molecule has 2 aromatic carbocycles. The number of piperidine rings is 1. The molecule has 31 heavy (non-hydrogen) atoms. The number of carbonyl (C=O) groups excluding carboxylic acids is 1. The van der Waals surface area contributed by atoms with E-state index in [1.165, 1.54) is 5.56 Å². The van der Waals surface area contributed by atoms with E-state index in [4.69, 9.17) is 27.9 Å². The molecule has 0 aliphatic carbocycles. The van der Waals surface area contributed by atoms with Crippen LogP contribution in [0, 0.1) is 5.41 Å².